The van der Waals surface area contributed by atoms with Crippen LogP contribution in [0.15, 0.2) is 24.7 Å². The monoisotopic (exact) mass is 433 g/mol. The summed E-state index contributed by atoms with van der Waals surface area (Å²) in [6, 6.07) is 0.832. The Bertz CT molecular complexity index is 1070. The quantitative estimate of drug-likeness (QED) is 0.529. The highest BCUT2D eigenvalue weighted by Crippen LogP contribution is 2.35. The van der Waals surface area contributed by atoms with E-state index in [1.54, 1.807) is 0 Å². The number of aromatic nitrogens is 5. The predicted octanol–water partition coefficient (Wildman–Crippen LogP) is 3.74. The van der Waals surface area contributed by atoms with Crippen molar-refractivity contribution in [1.82, 2.24) is 24.6 Å². The molecular formula is C17H13F6N5O2. The molecule has 0 saturated heterocycles. The molecule has 1 aliphatic carbocycles. The molecule has 0 unspecified atom stereocenters. The van der Waals surface area contributed by atoms with Crippen molar-refractivity contribution in [3.05, 3.63) is 36.3 Å². The Labute approximate surface area is 164 Å². The number of rotatable bonds is 7. The second-order valence-electron chi connectivity index (χ2n) is 6.71. The molecular weight excluding hydrogens is 420 g/mol. The van der Waals surface area contributed by atoms with Crippen molar-refractivity contribution in [2.75, 3.05) is 13.2 Å². The Kier molecular flexibility index (Phi) is 5.00. The first-order valence-corrected chi connectivity index (χ1v) is 8.71. The first-order chi connectivity index (χ1) is 14.1. The number of halogens is 6. The molecule has 3 heterocycles. The maximum Gasteiger partial charge on any atom is 0.422 e. The first kappa shape index (κ1) is 20.3. The van der Waals surface area contributed by atoms with Crippen LogP contribution >= 0.6 is 0 Å². The topological polar surface area (TPSA) is 74.4 Å². The van der Waals surface area contributed by atoms with E-state index >= 15 is 0 Å². The van der Waals surface area contributed by atoms with Crippen LogP contribution in [0.25, 0.3) is 16.9 Å². The van der Waals surface area contributed by atoms with E-state index < -0.39 is 36.4 Å². The summed E-state index contributed by atoms with van der Waals surface area (Å²) in [7, 11) is 0. The predicted molar refractivity (Wildman–Crippen MR) is 88.1 cm³/mol. The van der Waals surface area contributed by atoms with E-state index in [2.05, 4.69) is 29.6 Å². The maximum atomic E-state index is 14.4. The summed E-state index contributed by atoms with van der Waals surface area (Å²) in [5.41, 5.74) is 0.0351. The molecule has 13 heteroatoms. The Morgan fingerprint density at radius 2 is 1.83 bits per heavy atom. The van der Waals surface area contributed by atoms with Crippen LogP contribution in [0.1, 0.15) is 18.7 Å². The molecule has 1 saturated carbocycles. The average Bonchev–Trinajstić information content (AvgIpc) is 3.41. The second kappa shape index (κ2) is 7.38. The highest BCUT2D eigenvalue weighted by Gasteiger charge is 2.40. The SMILES string of the molecule is Fc1cc(-c2cn3c(C(F)(F)OCC4CC4)nnc3cn2)cnc1OCC(F)(F)F. The zero-order valence-electron chi connectivity index (χ0n) is 15.0. The van der Waals surface area contributed by atoms with Crippen LogP contribution in [0, 0.1) is 11.7 Å². The highest BCUT2D eigenvalue weighted by atomic mass is 19.4. The number of ether oxygens (including phenoxy) is 2. The largest absolute Gasteiger partial charge is 0.466 e. The lowest BCUT2D eigenvalue weighted by Crippen LogP contribution is -2.23. The minimum absolute atomic E-state index is 0.00186. The molecule has 0 amide bonds. The third-order valence-electron chi connectivity index (χ3n) is 4.23. The number of fused-ring (bicyclic) bond motifs is 1. The number of alkyl halides is 5. The normalized spacial score (nSPS) is 15.0. The summed E-state index contributed by atoms with van der Waals surface area (Å²) in [4.78, 5) is 7.48. The van der Waals surface area contributed by atoms with Gasteiger partial charge in [0.15, 0.2) is 18.1 Å². The molecule has 7 nitrogen and oxygen atoms in total. The zero-order valence-corrected chi connectivity index (χ0v) is 15.0. The molecule has 3 aromatic rings. The average molecular weight is 433 g/mol. The number of pyridine rings is 1. The van der Waals surface area contributed by atoms with Gasteiger partial charge in [-0.1, -0.05) is 0 Å². The van der Waals surface area contributed by atoms with E-state index in [9.17, 15) is 26.3 Å². The smallest absolute Gasteiger partial charge is 0.422 e. The van der Waals surface area contributed by atoms with Crippen molar-refractivity contribution in [2.45, 2.75) is 25.1 Å². The van der Waals surface area contributed by atoms with Gasteiger partial charge in [0, 0.05) is 18.0 Å². The van der Waals surface area contributed by atoms with Gasteiger partial charge in [0.2, 0.25) is 5.82 Å². The number of nitrogens with zero attached hydrogens (tertiary/aromatic N) is 5. The van der Waals surface area contributed by atoms with Gasteiger partial charge >= 0.3 is 12.3 Å². The lowest BCUT2D eigenvalue weighted by atomic mass is 10.2. The van der Waals surface area contributed by atoms with Crippen LogP contribution in [0.3, 0.4) is 0 Å². The van der Waals surface area contributed by atoms with Crippen molar-refractivity contribution < 1.29 is 35.8 Å². The van der Waals surface area contributed by atoms with E-state index in [1.807, 2.05) is 0 Å². The van der Waals surface area contributed by atoms with Crippen LogP contribution in [0.2, 0.25) is 0 Å². The van der Waals surface area contributed by atoms with Crippen molar-refractivity contribution in [3.8, 4) is 17.1 Å². The Hall–Kier alpha value is -2.96. The van der Waals surface area contributed by atoms with E-state index in [4.69, 9.17) is 0 Å². The fraction of sp³-hybridized carbons (Fsp3) is 0.412. The van der Waals surface area contributed by atoms with E-state index in [-0.39, 0.29) is 29.4 Å². The molecule has 0 aliphatic heterocycles. The van der Waals surface area contributed by atoms with Gasteiger partial charge in [-0.25, -0.2) is 9.37 Å². The van der Waals surface area contributed by atoms with Crippen LogP contribution < -0.4 is 4.74 Å². The van der Waals surface area contributed by atoms with Crippen LogP contribution in [0.5, 0.6) is 5.88 Å². The van der Waals surface area contributed by atoms with Gasteiger partial charge in [-0.15, -0.1) is 10.2 Å². The van der Waals surface area contributed by atoms with Crippen LogP contribution in [-0.4, -0.2) is 44.0 Å². The van der Waals surface area contributed by atoms with Crippen molar-refractivity contribution in [2.24, 2.45) is 5.92 Å². The Morgan fingerprint density at radius 1 is 1.07 bits per heavy atom. The molecule has 1 aliphatic rings. The molecule has 0 aromatic carbocycles. The molecule has 0 radical (unpaired) electrons. The standard InChI is InChI=1S/C17H13F6N5O2/c18-11-3-10(4-25-14(11)29-8-16(19,20)21)12-6-28-13(5-24-12)26-27-15(28)17(22,23)30-7-9-1-2-9/h3-6,9H,1-2,7-8H2. The molecule has 0 spiro atoms. The molecule has 1 fully saturated rings. The lowest BCUT2D eigenvalue weighted by molar-refractivity contribution is -0.256. The Morgan fingerprint density at radius 3 is 2.50 bits per heavy atom. The molecule has 3 aromatic heterocycles. The second-order valence-corrected chi connectivity index (χ2v) is 6.71. The minimum atomic E-state index is -4.66. The summed E-state index contributed by atoms with van der Waals surface area (Å²) in [5, 5.41) is 7.08. The third-order valence-corrected chi connectivity index (χ3v) is 4.23. The maximum absolute atomic E-state index is 14.4. The van der Waals surface area contributed by atoms with Crippen LogP contribution in [-0.2, 0) is 10.8 Å². The highest BCUT2D eigenvalue weighted by molar-refractivity contribution is 5.59. The van der Waals surface area contributed by atoms with Crippen molar-refractivity contribution in [3.63, 3.8) is 0 Å². The summed E-state index contributed by atoms with van der Waals surface area (Å²) in [6.45, 7) is -1.82. The summed E-state index contributed by atoms with van der Waals surface area (Å²) in [5.74, 6) is -2.69. The molecule has 0 N–H and O–H groups in total. The van der Waals surface area contributed by atoms with Gasteiger partial charge < -0.3 is 9.47 Å². The lowest BCUT2D eigenvalue weighted by Gasteiger charge is -2.15. The minimum Gasteiger partial charge on any atom is -0.466 e. The molecule has 0 atom stereocenters. The van der Waals surface area contributed by atoms with E-state index in [1.165, 1.54) is 0 Å². The zero-order chi connectivity index (χ0) is 21.5. The van der Waals surface area contributed by atoms with Gasteiger partial charge in [0.1, 0.15) is 0 Å². The molecule has 30 heavy (non-hydrogen) atoms. The van der Waals surface area contributed by atoms with Crippen molar-refractivity contribution >= 4 is 5.65 Å². The molecule has 0 bridgehead atoms. The summed E-state index contributed by atoms with van der Waals surface area (Å²) in [6.07, 6.45) is -3.44. The summed E-state index contributed by atoms with van der Waals surface area (Å²) >= 11 is 0. The van der Waals surface area contributed by atoms with Gasteiger partial charge in [0.25, 0.3) is 5.88 Å². The summed E-state index contributed by atoms with van der Waals surface area (Å²) < 4.78 is 89.4. The van der Waals surface area contributed by atoms with E-state index in [0.29, 0.717) is 0 Å². The third kappa shape index (κ3) is 4.45. The first-order valence-electron chi connectivity index (χ1n) is 8.71. The van der Waals surface area contributed by atoms with Gasteiger partial charge in [0.05, 0.1) is 18.5 Å². The van der Waals surface area contributed by atoms with Gasteiger partial charge in [-0.3, -0.25) is 9.38 Å². The fourth-order valence-corrected chi connectivity index (χ4v) is 2.54. The fourth-order valence-electron chi connectivity index (χ4n) is 2.54. The Balaban J connectivity index is 1.60. The van der Waals surface area contributed by atoms with E-state index in [0.717, 1.165) is 41.9 Å². The number of hydrogen-bond acceptors (Lipinski definition) is 6. The number of hydrogen-bond donors (Lipinski definition) is 0. The molecule has 160 valence electrons. The molecule has 4 rings (SSSR count). The van der Waals surface area contributed by atoms with Crippen LogP contribution in [0.4, 0.5) is 26.3 Å². The van der Waals surface area contributed by atoms with Gasteiger partial charge in [-0.2, -0.15) is 22.0 Å². The van der Waals surface area contributed by atoms with Gasteiger partial charge in [-0.05, 0) is 24.8 Å². The van der Waals surface area contributed by atoms with Crippen molar-refractivity contribution in [1.29, 1.82) is 0 Å².